The molecule has 1 atom stereocenters. The smallest absolute Gasteiger partial charge is 0.389 e. The van der Waals surface area contributed by atoms with Gasteiger partial charge in [-0.25, -0.2) is 0 Å². The lowest BCUT2D eigenvalue weighted by Gasteiger charge is -2.36. The normalized spacial score (nSPS) is 17.6. The van der Waals surface area contributed by atoms with Crippen LogP contribution in [0.2, 0.25) is 0 Å². The zero-order valence-electron chi connectivity index (χ0n) is 12.5. The lowest BCUT2D eigenvalue weighted by molar-refractivity contribution is -0.138. The maximum Gasteiger partial charge on any atom is 0.389 e. The minimum absolute atomic E-state index is 0. The van der Waals surface area contributed by atoms with Crippen LogP contribution < -0.4 is 10.1 Å². The maximum atomic E-state index is 12.6. The van der Waals surface area contributed by atoms with E-state index in [4.69, 9.17) is 4.74 Å². The van der Waals surface area contributed by atoms with E-state index in [-0.39, 0.29) is 24.9 Å². The van der Waals surface area contributed by atoms with E-state index < -0.39 is 12.6 Å². The van der Waals surface area contributed by atoms with E-state index in [0.29, 0.717) is 5.75 Å². The van der Waals surface area contributed by atoms with E-state index in [1.54, 1.807) is 13.2 Å². The van der Waals surface area contributed by atoms with Crippen LogP contribution in [-0.4, -0.2) is 44.4 Å². The van der Waals surface area contributed by atoms with Crippen LogP contribution in [0.3, 0.4) is 0 Å². The third-order valence-corrected chi connectivity index (χ3v) is 3.79. The molecule has 1 aromatic rings. The van der Waals surface area contributed by atoms with Gasteiger partial charge in [0, 0.05) is 44.2 Å². The Morgan fingerprint density at radius 2 is 1.86 bits per heavy atom. The number of nitrogens with one attached hydrogen (secondary N) is 1. The van der Waals surface area contributed by atoms with Crippen molar-refractivity contribution in [2.45, 2.75) is 25.1 Å². The first kappa shape index (κ1) is 19.1. The first-order valence-electron chi connectivity index (χ1n) is 7.15. The molecular weight excluding hydrogens is 317 g/mol. The van der Waals surface area contributed by atoms with E-state index >= 15 is 0 Å². The van der Waals surface area contributed by atoms with E-state index in [2.05, 4.69) is 10.2 Å². The first-order chi connectivity index (χ1) is 10.0. The zero-order chi connectivity index (χ0) is 15.3. The van der Waals surface area contributed by atoms with E-state index in [1.807, 2.05) is 18.2 Å². The fourth-order valence-corrected chi connectivity index (χ4v) is 2.77. The lowest BCUT2D eigenvalue weighted by Crippen LogP contribution is -2.45. The Balaban J connectivity index is 0.00000242. The Kier molecular flexibility index (Phi) is 7.45. The summed E-state index contributed by atoms with van der Waals surface area (Å²) in [4.78, 5) is 2.11. The average molecular weight is 339 g/mol. The minimum Gasteiger partial charge on any atom is -0.496 e. The van der Waals surface area contributed by atoms with Crippen molar-refractivity contribution in [3.05, 3.63) is 29.8 Å². The monoisotopic (exact) mass is 338 g/mol. The third-order valence-electron chi connectivity index (χ3n) is 3.79. The average Bonchev–Trinajstić information content (AvgIpc) is 2.48. The molecule has 0 amide bonds. The van der Waals surface area contributed by atoms with Gasteiger partial charge in [-0.1, -0.05) is 18.2 Å². The summed E-state index contributed by atoms with van der Waals surface area (Å²) < 4.78 is 43.2. The zero-order valence-corrected chi connectivity index (χ0v) is 13.3. The molecule has 0 radical (unpaired) electrons. The molecule has 1 fully saturated rings. The van der Waals surface area contributed by atoms with Crippen molar-refractivity contribution in [1.29, 1.82) is 0 Å². The van der Waals surface area contributed by atoms with Crippen molar-refractivity contribution in [2.24, 2.45) is 0 Å². The largest absolute Gasteiger partial charge is 0.496 e. The fraction of sp³-hybridized carbons (Fsp3) is 0.600. The fourth-order valence-electron chi connectivity index (χ4n) is 2.77. The molecule has 0 aromatic heterocycles. The lowest BCUT2D eigenvalue weighted by atomic mass is 9.98. The number of hydrogen-bond acceptors (Lipinski definition) is 3. The predicted octanol–water partition coefficient (Wildman–Crippen LogP) is 3.41. The summed E-state index contributed by atoms with van der Waals surface area (Å²) in [5.74, 6) is 0.656. The van der Waals surface area contributed by atoms with Crippen molar-refractivity contribution < 1.29 is 17.9 Å². The number of nitrogens with zero attached hydrogens (tertiary/aromatic N) is 1. The Labute approximate surface area is 135 Å². The molecular formula is C15H22ClF3N2O. The molecule has 7 heteroatoms. The molecule has 126 valence electrons. The SMILES string of the molecule is COc1ccccc1[C@@H](CCC(F)(F)F)N1CCNCC1.Cl. The Morgan fingerprint density at radius 3 is 2.45 bits per heavy atom. The first-order valence-corrected chi connectivity index (χ1v) is 7.15. The van der Waals surface area contributed by atoms with Crippen LogP contribution in [-0.2, 0) is 0 Å². The van der Waals surface area contributed by atoms with Crippen LogP contribution in [0.4, 0.5) is 13.2 Å². The summed E-state index contributed by atoms with van der Waals surface area (Å²) in [5.41, 5.74) is 0.839. The summed E-state index contributed by atoms with van der Waals surface area (Å²) in [6.45, 7) is 3.11. The third kappa shape index (κ3) is 5.34. The summed E-state index contributed by atoms with van der Waals surface area (Å²) in [6, 6.07) is 7.09. The number of methoxy groups -OCH3 is 1. The van der Waals surface area contributed by atoms with Crippen molar-refractivity contribution in [1.82, 2.24) is 10.2 Å². The van der Waals surface area contributed by atoms with Crippen molar-refractivity contribution in [3.63, 3.8) is 0 Å². The Hall–Kier alpha value is -0.980. The summed E-state index contributed by atoms with van der Waals surface area (Å²) in [6.07, 6.45) is -4.85. The molecule has 0 aliphatic carbocycles. The van der Waals surface area contributed by atoms with Crippen LogP contribution in [0.25, 0.3) is 0 Å². The molecule has 0 spiro atoms. The number of hydrogen-bond donors (Lipinski definition) is 1. The molecule has 0 saturated carbocycles. The molecule has 1 aliphatic rings. The highest BCUT2D eigenvalue weighted by atomic mass is 35.5. The van der Waals surface area contributed by atoms with Gasteiger partial charge in [0.25, 0.3) is 0 Å². The summed E-state index contributed by atoms with van der Waals surface area (Å²) in [5, 5.41) is 3.23. The number of piperazine rings is 1. The highest BCUT2D eigenvalue weighted by Gasteiger charge is 2.32. The summed E-state index contributed by atoms with van der Waals surface area (Å²) >= 11 is 0. The second kappa shape index (κ2) is 8.60. The molecule has 0 unspecified atom stereocenters. The predicted molar refractivity (Wildman–Crippen MR) is 82.7 cm³/mol. The number of para-hydroxylation sites is 1. The maximum absolute atomic E-state index is 12.6. The number of rotatable bonds is 5. The van der Waals surface area contributed by atoms with Gasteiger partial charge >= 0.3 is 6.18 Å². The Bertz CT molecular complexity index is 451. The van der Waals surface area contributed by atoms with Gasteiger partial charge in [-0.05, 0) is 12.5 Å². The molecule has 1 saturated heterocycles. The molecule has 22 heavy (non-hydrogen) atoms. The molecule has 0 bridgehead atoms. The topological polar surface area (TPSA) is 24.5 Å². The van der Waals surface area contributed by atoms with Crippen LogP contribution in [0, 0.1) is 0 Å². The summed E-state index contributed by atoms with van der Waals surface area (Å²) in [7, 11) is 1.55. The number of ether oxygens (including phenoxy) is 1. The minimum atomic E-state index is -4.13. The molecule has 1 heterocycles. The molecule has 3 nitrogen and oxygen atoms in total. The highest BCUT2D eigenvalue weighted by molar-refractivity contribution is 5.85. The van der Waals surface area contributed by atoms with Gasteiger partial charge in [0.05, 0.1) is 7.11 Å². The van der Waals surface area contributed by atoms with Crippen molar-refractivity contribution in [3.8, 4) is 5.75 Å². The van der Waals surface area contributed by atoms with Crippen LogP contribution in [0.5, 0.6) is 5.75 Å². The van der Waals surface area contributed by atoms with E-state index in [9.17, 15) is 13.2 Å². The second-order valence-corrected chi connectivity index (χ2v) is 5.20. The van der Waals surface area contributed by atoms with Gasteiger partial charge in [0.2, 0.25) is 0 Å². The molecule has 1 aliphatic heterocycles. The quantitative estimate of drug-likeness (QED) is 0.890. The molecule has 1 aromatic carbocycles. The van der Waals surface area contributed by atoms with E-state index in [1.165, 1.54) is 0 Å². The van der Waals surface area contributed by atoms with Gasteiger partial charge in [-0.2, -0.15) is 13.2 Å². The van der Waals surface area contributed by atoms with Gasteiger partial charge < -0.3 is 10.1 Å². The molecule has 2 rings (SSSR count). The van der Waals surface area contributed by atoms with Crippen LogP contribution in [0.15, 0.2) is 24.3 Å². The van der Waals surface area contributed by atoms with Crippen LogP contribution in [0.1, 0.15) is 24.4 Å². The standard InChI is InChI=1S/C15H21F3N2O.ClH/c1-21-14-5-3-2-4-12(14)13(6-7-15(16,17)18)20-10-8-19-9-11-20;/h2-5,13,19H,6-11H2,1H3;1H/t13-;/m1./s1. The van der Waals surface area contributed by atoms with Gasteiger partial charge in [0.1, 0.15) is 5.75 Å². The number of benzene rings is 1. The van der Waals surface area contributed by atoms with Crippen molar-refractivity contribution in [2.75, 3.05) is 33.3 Å². The van der Waals surface area contributed by atoms with Gasteiger partial charge in [-0.15, -0.1) is 12.4 Å². The number of alkyl halides is 3. The van der Waals surface area contributed by atoms with E-state index in [0.717, 1.165) is 31.7 Å². The highest BCUT2D eigenvalue weighted by Crippen LogP contribution is 2.35. The van der Waals surface area contributed by atoms with Crippen molar-refractivity contribution >= 4 is 12.4 Å². The molecule has 1 N–H and O–H groups in total. The second-order valence-electron chi connectivity index (χ2n) is 5.20. The van der Waals surface area contributed by atoms with Gasteiger partial charge in [-0.3, -0.25) is 4.90 Å². The Morgan fingerprint density at radius 1 is 1.23 bits per heavy atom. The van der Waals surface area contributed by atoms with Crippen LogP contribution >= 0.6 is 12.4 Å². The van der Waals surface area contributed by atoms with Gasteiger partial charge in [0.15, 0.2) is 0 Å². The number of halogens is 4.